The number of ether oxygens (including phenoxy) is 1. The van der Waals surface area contributed by atoms with Crippen molar-refractivity contribution in [3.63, 3.8) is 0 Å². The molecule has 1 saturated carbocycles. The number of carbonyl (C=O) groups is 1. The van der Waals surface area contributed by atoms with E-state index in [2.05, 4.69) is 20.8 Å². The first-order chi connectivity index (χ1) is 6.50. The molecule has 0 N–H and O–H groups in total. The Kier molecular flexibility index (Phi) is 3.73. The predicted octanol–water partition coefficient (Wildman–Crippen LogP) is 3.07. The van der Waals surface area contributed by atoms with Crippen LogP contribution in [0.15, 0.2) is 11.1 Å². The zero-order chi connectivity index (χ0) is 10.7. The first-order valence-corrected chi connectivity index (χ1v) is 5.34. The molecule has 0 saturated heterocycles. The summed E-state index contributed by atoms with van der Waals surface area (Å²) in [6.07, 6.45) is 3.33. The zero-order valence-corrected chi connectivity index (χ0v) is 9.59. The highest BCUT2D eigenvalue weighted by molar-refractivity contribution is 5.66. The highest BCUT2D eigenvalue weighted by atomic mass is 16.5. The number of allylic oxidation sites excluding steroid dienone is 1. The van der Waals surface area contributed by atoms with Crippen LogP contribution in [0.5, 0.6) is 0 Å². The van der Waals surface area contributed by atoms with Crippen LogP contribution in [-0.2, 0) is 9.53 Å². The Morgan fingerprint density at radius 3 is 2.50 bits per heavy atom. The van der Waals surface area contributed by atoms with Crippen molar-refractivity contribution in [1.29, 1.82) is 0 Å². The predicted molar refractivity (Wildman–Crippen MR) is 56.9 cm³/mol. The fourth-order valence-electron chi connectivity index (χ4n) is 2.08. The summed E-state index contributed by atoms with van der Waals surface area (Å²) in [6.45, 7) is 7.91. The van der Waals surface area contributed by atoms with Gasteiger partial charge in [0.2, 0.25) is 0 Å². The van der Waals surface area contributed by atoms with Crippen molar-refractivity contribution in [2.45, 2.75) is 53.1 Å². The van der Waals surface area contributed by atoms with Gasteiger partial charge in [-0.1, -0.05) is 12.5 Å². The molecule has 14 heavy (non-hydrogen) atoms. The molecule has 0 radical (unpaired) electrons. The van der Waals surface area contributed by atoms with E-state index in [9.17, 15) is 4.79 Å². The van der Waals surface area contributed by atoms with E-state index in [-0.39, 0.29) is 12.1 Å². The fourth-order valence-corrected chi connectivity index (χ4v) is 2.08. The Morgan fingerprint density at radius 2 is 2.00 bits per heavy atom. The van der Waals surface area contributed by atoms with E-state index in [1.165, 1.54) is 24.5 Å². The van der Waals surface area contributed by atoms with Crippen molar-refractivity contribution in [3.8, 4) is 0 Å². The van der Waals surface area contributed by atoms with Crippen LogP contribution < -0.4 is 0 Å². The first kappa shape index (κ1) is 11.3. The molecule has 0 aromatic rings. The van der Waals surface area contributed by atoms with Crippen LogP contribution >= 0.6 is 0 Å². The van der Waals surface area contributed by atoms with E-state index < -0.39 is 0 Å². The Morgan fingerprint density at radius 1 is 1.36 bits per heavy atom. The quantitative estimate of drug-likeness (QED) is 0.476. The molecule has 1 aliphatic carbocycles. The Hall–Kier alpha value is -0.790. The highest BCUT2D eigenvalue weighted by Gasteiger charge is 2.26. The smallest absolute Gasteiger partial charge is 0.303 e. The van der Waals surface area contributed by atoms with Gasteiger partial charge in [0.05, 0.1) is 0 Å². The largest absolute Gasteiger partial charge is 0.458 e. The van der Waals surface area contributed by atoms with E-state index in [0.29, 0.717) is 5.92 Å². The molecule has 2 heteroatoms. The summed E-state index contributed by atoms with van der Waals surface area (Å²) in [5.41, 5.74) is 2.64. The molecule has 2 atom stereocenters. The van der Waals surface area contributed by atoms with Crippen molar-refractivity contribution in [2.24, 2.45) is 5.92 Å². The molecule has 1 aliphatic rings. The van der Waals surface area contributed by atoms with Crippen molar-refractivity contribution < 1.29 is 9.53 Å². The molecule has 80 valence electrons. The lowest BCUT2D eigenvalue weighted by Gasteiger charge is -2.30. The van der Waals surface area contributed by atoms with Gasteiger partial charge < -0.3 is 4.74 Å². The van der Waals surface area contributed by atoms with Crippen LogP contribution in [-0.4, -0.2) is 12.1 Å². The summed E-state index contributed by atoms with van der Waals surface area (Å²) in [5, 5.41) is 0. The number of carbonyl (C=O) groups excluding carboxylic acids is 1. The monoisotopic (exact) mass is 196 g/mol. The van der Waals surface area contributed by atoms with E-state index in [1.807, 2.05) is 0 Å². The third-order valence-electron chi connectivity index (χ3n) is 2.86. The van der Waals surface area contributed by atoms with E-state index in [4.69, 9.17) is 4.74 Å². The second-order valence-corrected chi connectivity index (χ2v) is 4.50. The second-order valence-electron chi connectivity index (χ2n) is 4.50. The minimum absolute atomic E-state index is 0.0428. The summed E-state index contributed by atoms with van der Waals surface area (Å²) in [5.74, 6) is 0.505. The molecule has 0 aromatic carbocycles. The van der Waals surface area contributed by atoms with E-state index >= 15 is 0 Å². The maximum atomic E-state index is 10.9. The number of esters is 1. The normalized spacial score (nSPS) is 27.3. The lowest BCUT2D eigenvalue weighted by molar-refractivity contribution is -0.145. The summed E-state index contributed by atoms with van der Waals surface area (Å²) < 4.78 is 5.34. The molecule has 1 fully saturated rings. The minimum atomic E-state index is -0.164. The average Bonchev–Trinajstić information content (AvgIpc) is 2.01. The molecule has 0 amide bonds. The fraction of sp³-hybridized carbons (Fsp3) is 0.750. The van der Waals surface area contributed by atoms with Gasteiger partial charge in [0, 0.05) is 6.92 Å². The van der Waals surface area contributed by atoms with Gasteiger partial charge in [0.25, 0.3) is 0 Å². The summed E-state index contributed by atoms with van der Waals surface area (Å²) in [7, 11) is 0. The first-order valence-electron chi connectivity index (χ1n) is 5.34. The number of rotatable bonds is 1. The Bertz CT molecular complexity index is 249. The van der Waals surface area contributed by atoms with Gasteiger partial charge in [-0.15, -0.1) is 0 Å². The van der Waals surface area contributed by atoms with Crippen molar-refractivity contribution in [1.82, 2.24) is 0 Å². The zero-order valence-electron chi connectivity index (χ0n) is 9.59. The molecule has 2 unspecified atom stereocenters. The highest BCUT2D eigenvalue weighted by Crippen LogP contribution is 2.32. The molecule has 0 heterocycles. The number of hydrogen-bond acceptors (Lipinski definition) is 2. The van der Waals surface area contributed by atoms with Gasteiger partial charge in [-0.2, -0.15) is 0 Å². The summed E-state index contributed by atoms with van der Waals surface area (Å²) in [4.78, 5) is 10.9. The van der Waals surface area contributed by atoms with Gasteiger partial charge in [-0.05, 0) is 44.6 Å². The average molecular weight is 196 g/mol. The van der Waals surface area contributed by atoms with Gasteiger partial charge in [0.1, 0.15) is 6.10 Å². The molecular weight excluding hydrogens is 176 g/mol. The van der Waals surface area contributed by atoms with Gasteiger partial charge in [0.15, 0.2) is 0 Å². The summed E-state index contributed by atoms with van der Waals surface area (Å²) >= 11 is 0. The standard InChI is InChI=1S/C12H20O2/c1-8(2)11-6-5-9(3)7-12(11)14-10(4)13/h9,12H,5-7H2,1-4H3. The van der Waals surface area contributed by atoms with Crippen LogP contribution in [0.25, 0.3) is 0 Å². The molecule has 0 bridgehead atoms. The van der Waals surface area contributed by atoms with Crippen LogP contribution in [0.4, 0.5) is 0 Å². The lowest BCUT2D eigenvalue weighted by atomic mass is 9.83. The Labute approximate surface area is 86.3 Å². The molecule has 0 aliphatic heterocycles. The number of hydrogen-bond donors (Lipinski definition) is 0. The molecule has 0 spiro atoms. The van der Waals surface area contributed by atoms with Crippen molar-refractivity contribution in [3.05, 3.63) is 11.1 Å². The van der Waals surface area contributed by atoms with Crippen LogP contribution in [0, 0.1) is 5.92 Å². The van der Waals surface area contributed by atoms with Crippen LogP contribution in [0.3, 0.4) is 0 Å². The maximum absolute atomic E-state index is 10.9. The Balaban J connectivity index is 2.74. The van der Waals surface area contributed by atoms with Crippen molar-refractivity contribution >= 4 is 5.97 Å². The second kappa shape index (κ2) is 4.63. The third-order valence-corrected chi connectivity index (χ3v) is 2.86. The molecule has 1 rings (SSSR count). The van der Waals surface area contributed by atoms with Crippen LogP contribution in [0.1, 0.15) is 47.0 Å². The van der Waals surface area contributed by atoms with Gasteiger partial charge in [-0.25, -0.2) is 0 Å². The third kappa shape index (κ3) is 2.86. The van der Waals surface area contributed by atoms with E-state index in [0.717, 1.165) is 12.8 Å². The molecule has 2 nitrogen and oxygen atoms in total. The minimum Gasteiger partial charge on any atom is -0.458 e. The van der Waals surface area contributed by atoms with E-state index in [1.54, 1.807) is 0 Å². The van der Waals surface area contributed by atoms with Crippen molar-refractivity contribution in [2.75, 3.05) is 0 Å². The lowest BCUT2D eigenvalue weighted by Crippen LogP contribution is -2.26. The van der Waals surface area contributed by atoms with Gasteiger partial charge in [-0.3, -0.25) is 4.79 Å². The van der Waals surface area contributed by atoms with Crippen LogP contribution in [0.2, 0.25) is 0 Å². The summed E-state index contributed by atoms with van der Waals surface area (Å²) in [6, 6.07) is 0. The topological polar surface area (TPSA) is 26.3 Å². The van der Waals surface area contributed by atoms with Gasteiger partial charge >= 0.3 is 5.97 Å². The SMILES string of the molecule is CC(=O)OC1CC(C)CCC1=C(C)C. The molecule has 0 aromatic heterocycles. The molecular formula is C12H20O2. The maximum Gasteiger partial charge on any atom is 0.303 e.